The molecule has 0 bridgehead atoms. The number of benzene rings is 2. The van der Waals surface area contributed by atoms with Gasteiger partial charge in [-0.15, -0.1) is 0 Å². The molecule has 0 radical (unpaired) electrons. The number of ether oxygens (including phenoxy) is 1. The molecule has 0 aliphatic rings. The molecule has 1 heterocycles. The van der Waals surface area contributed by atoms with Gasteiger partial charge in [-0.3, -0.25) is 4.79 Å². The maximum Gasteiger partial charge on any atom is 0.274 e. The van der Waals surface area contributed by atoms with Crippen molar-refractivity contribution in [2.75, 3.05) is 17.7 Å². The smallest absolute Gasteiger partial charge is 0.274 e. The molecule has 8 heteroatoms. The van der Waals surface area contributed by atoms with Gasteiger partial charge in [0.1, 0.15) is 23.6 Å². The van der Waals surface area contributed by atoms with E-state index in [9.17, 15) is 13.6 Å². The summed E-state index contributed by atoms with van der Waals surface area (Å²) in [6, 6.07) is 11.7. The van der Waals surface area contributed by atoms with E-state index in [1.807, 2.05) is 0 Å². The topological polar surface area (TPSA) is 76.1 Å². The van der Waals surface area contributed by atoms with E-state index in [2.05, 4.69) is 20.6 Å². The van der Waals surface area contributed by atoms with Crippen molar-refractivity contribution in [3.05, 3.63) is 72.2 Å². The van der Waals surface area contributed by atoms with Crippen LogP contribution in [0.15, 0.2) is 54.9 Å². The van der Waals surface area contributed by atoms with Crippen molar-refractivity contribution >= 4 is 23.1 Å². The summed E-state index contributed by atoms with van der Waals surface area (Å²) in [6.07, 6.45) is 1.23. The Morgan fingerprint density at radius 3 is 2.38 bits per heavy atom. The lowest BCUT2D eigenvalue weighted by Crippen LogP contribution is -2.14. The molecule has 0 aliphatic carbocycles. The van der Waals surface area contributed by atoms with Crippen LogP contribution in [0.1, 0.15) is 10.5 Å². The van der Waals surface area contributed by atoms with Gasteiger partial charge in [0.15, 0.2) is 11.6 Å². The minimum atomic E-state index is -1.05. The molecule has 2 aromatic carbocycles. The number of nitrogens with one attached hydrogen (secondary N) is 2. The van der Waals surface area contributed by atoms with Crippen LogP contribution in [0.5, 0.6) is 5.75 Å². The monoisotopic (exact) mass is 356 g/mol. The van der Waals surface area contributed by atoms with E-state index in [1.54, 1.807) is 31.4 Å². The third-order valence-corrected chi connectivity index (χ3v) is 3.44. The third kappa shape index (κ3) is 4.10. The number of hydrogen-bond acceptors (Lipinski definition) is 5. The SMILES string of the molecule is COc1ccc(Nc2cc(C(=O)Nc3ccc(F)c(F)c3)ncn2)cc1. The molecule has 0 aliphatic heterocycles. The molecule has 1 aromatic heterocycles. The summed E-state index contributed by atoms with van der Waals surface area (Å²) in [5.74, 6) is -1.50. The summed E-state index contributed by atoms with van der Waals surface area (Å²) in [5, 5.41) is 5.49. The maximum absolute atomic E-state index is 13.2. The Balaban J connectivity index is 1.73. The molecule has 0 spiro atoms. The van der Waals surface area contributed by atoms with Gasteiger partial charge in [-0.05, 0) is 36.4 Å². The highest BCUT2D eigenvalue weighted by Crippen LogP contribution is 2.19. The highest BCUT2D eigenvalue weighted by atomic mass is 19.2. The zero-order valence-electron chi connectivity index (χ0n) is 13.7. The summed E-state index contributed by atoms with van der Waals surface area (Å²) >= 11 is 0. The average molecular weight is 356 g/mol. The van der Waals surface area contributed by atoms with Crippen LogP contribution < -0.4 is 15.4 Å². The highest BCUT2D eigenvalue weighted by molar-refractivity contribution is 6.03. The summed E-state index contributed by atoms with van der Waals surface area (Å²) < 4.78 is 31.2. The summed E-state index contributed by atoms with van der Waals surface area (Å²) in [7, 11) is 1.57. The molecule has 2 N–H and O–H groups in total. The van der Waals surface area contributed by atoms with Crippen molar-refractivity contribution in [3.8, 4) is 5.75 Å². The Labute approximate surface area is 147 Å². The van der Waals surface area contributed by atoms with Gasteiger partial charge in [0.05, 0.1) is 7.11 Å². The molecule has 0 atom stereocenters. The van der Waals surface area contributed by atoms with Crippen molar-refractivity contribution in [1.82, 2.24) is 9.97 Å². The van der Waals surface area contributed by atoms with Crippen LogP contribution in [0.25, 0.3) is 0 Å². The van der Waals surface area contributed by atoms with Gasteiger partial charge in [-0.1, -0.05) is 0 Å². The van der Waals surface area contributed by atoms with Crippen molar-refractivity contribution in [2.45, 2.75) is 0 Å². The van der Waals surface area contributed by atoms with E-state index in [-0.39, 0.29) is 11.4 Å². The van der Waals surface area contributed by atoms with E-state index >= 15 is 0 Å². The first-order valence-corrected chi connectivity index (χ1v) is 7.54. The fraction of sp³-hybridized carbons (Fsp3) is 0.0556. The van der Waals surface area contributed by atoms with Gasteiger partial charge in [0, 0.05) is 23.5 Å². The Kier molecular flexibility index (Phi) is 5.02. The number of aromatic nitrogens is 2. The van der Waals surface area contributed by atoms with Crippen LogP contribution in [0.4, 0.5) is 26.0 Å². The molecule has 6 nitrogen and oxygen atoms in total. The van der Waals surface area contributed by atoms with Gasteiger partial charge in [-0.2, -0.15) is 0 Å². The second kappa shape index (κ2) is 7.56. The lowest BCUT2D eigenvalue weighted by atomic mass is 10.2. The van der Waals surface area contributed by atoms with Gasteiger partial charge >= 0.3 is 0 Å². The van der Waals surface area contributed by atoms with Gasteiger partial charge in [-0.25, -0.2) is 18.7 Å². The Morgan fingerprint density at radius 1 is 0.962 bits per heavy atom. The lowest BCUT2D eigenvalue weighted by Gasteiger charge is -2.08. The number of halogens is 2. The number of amides is 1. The fourth-order valence-electron chi connectivity index (χ4n) is 2.14. The van der Waals surface area contributed by atoms with E-state index in [1.165, 1.54) is 18.5 Å². The predicted octanol–water partition coefficient (Wildman–Crippen LogP) is 3.76. The molecule has 0 saturated heterocycles. The molecule has 3 aromatic rings. The first-order chi connectivity index (χ1) is 12.5. The molecule has 0 unspecified atom stereocenters. The first kappa shape index (κ1) is 17.3. The summed E-state index contributed by atoms with van der Waals surface area (Å²) in [5.41, 5.74) is 0.939. The minimum Gasteiger partial charge on any atom is -0.497 e. The zero-order valence-corrected chi connectivity index (χ0v) is 13.7. The maximum atomic E-state index is 13.2. The number of carbonyl (C=O) groups excluding carboxylic acids is 1. The molecular weight excluding hydrogens is 342 g/mol. The van der Waals surface area contributed by atoms with E-state index < -0.39 is 17.5 Å². The molecule has 3 rings (SSSR count). The highest BCUT2D eigenvalue weighted by Gasteiger charge is 2.11. The van der Waals surface area contributed by atoms with E-state index in [0.717, 1.165) is 17.8 Å². The third-order valence-electron chi connectivity index (χ3n) is 3.44. The zero-order chi connectivity index (χ0) is 18.5. The minimum absolute atomic E-state index is 0.0701. The fourth-order valence-corrected chi connectivity index (χ4v) is 2.14. The van der Waals surface area contributed by atoms with Crippen molar-refractivity contribution in [3.63, 3.8) is 0 Å². The van der Waals surface area contributed by atoms with Crippen LogP contribution in [-0.2, 0) is 0 Å². The van der Waals surface area contributed by atoms with Gasteiger partial charge in [0.2, 0.25) is 0 Å². The Hall–Kier alpha value is -3.55. The second-order valence-electron chi connectivity index (χ2n) is 5.23. The van der Waals surface area contributed by atoms with E-state index in [4.69, 9.17) is 4.74 Å². The molecule has 0 saturated carbocycles. The van der Waals surface area contributed by atoms with Gasteiger partial charge in [0.25, 0.3) is 5.91 Å². The number of nitrogens with zero attached hydrogens (tertiary/aromatic N) is 2. The van der Waals surface area contributed by atoms with Crippen molar-refractivity contribution in [1.29, 1.82) is 0 Å². The molecule has 1 amide bonds. The van der Waals surface area contributed by atoms with Crippen LogP contribution in [0, 0.1) is 11.6 Å². The number of hydrogen-bond donors (Lipinski definition) is 2. The predicted molar refractivity (Wildman–Crippen MR) is 92.6 cm³/mol. The normalized spacial score (nSPS) is 10.3. The largest absolute Gasteiger partial charge is 0.497 e. The quantitative estimate of drug-likeness (QED) is 0.728. The number of rotatable bonds is 5. The van der Waals surface area contributed by atoms with Gasteiger partial charge < -0.3 is 15.4 Å². The standard InChI is InChI=1S/C18H14F2N4O2/c1-26-13-5-2-11(3-6-13)23-17-9-16(21-10-22-17)18(25)24-12-4-7-14(19)15(20)8-12/h2-10H,1H3,(H,24,25)(H,21,22,23). The van der Waals surface area contributed by atoms with Crippen molar-refractivity contribution in [2.24, 2.45) is 0 Å². The van der Waals surface area contributed by atoms with Crippen molar-refractivity contribution < 1.29 is 18.3 Å². The lowest BCUT2D eigenvalue weighted by molar-refractivity contribution is 0.102. The summed E-state index contributed by atoms with van der Waals surface area (Å²) in [4.78, 5) is 20.2. The number of anilines is 3. The Bertz CT molecular complexity index is 933. The number of methoxy groups -OCH3 is 1. The van der Waals surface area contributed by atoms with Crippen LogP contribution >= 0.6 is 0 Å². The Morgan fingerprint density at radius 2 is 1.69 bits per heavy atom. The molecule has 26 heavy (non-hydrogen) atoms. The second-order valence-corrected chi connectivity index (χ2v) is 5.23. The molecule has 0 fully saturated rings. The summed E-state index contributed by atoms with van der Waals surface area (Å²) in [6.45, 7) is 0. The molecular formula is C18H14F2N4O2. The average Bonchev–Trinajstić information content (AvgIpc) is 2.65. The number of carbonyl (C=O) groups is 1. The van der Waals surface area contributed by atoms with Crippen LogP contribution in [0.2, 0.25) is 0 Å². The van der Waals surface area contributed by atoms with Crippen LogP contribution in [0.3, 0.4) is 0 Å². The van der Waals surface area contributed by atoms with E-state index in [0.29, 0.717) is 11.6 Å². The molecule has 132 valence electrons. The first-order valence-electron chi connectivity index (χ1n) is 7.54. The van der Waals surface area contributed by atoms with Crippen LogP contribution in [-0.4, -0.2) is 23.0 Å².